The van der Waals surface area contributed by atoms with Crippen molar-refractivity contribution in [1.29, 1.82) is 0 Å². The van der Waals surface area contributed by atoms with E-state index in [0.717, 1.165) is 25.9 Å². The summed E-state index contributed by atoms with van der Waals surface area (Å²) in [6.07, 6.45) is 4.87. The number of benzene rings is 1. The zero-order valence-electron chi connectivity index (χ0n) is 10.8. The lowest BCUT2D eigenvalue weighted by Gasteiger charge is -2.26. The molecule has 18 heavy (non-hydrogen) atoms. The molecule has 2 N–H and O–H groups in total. The molecule has 1 aromatic heterocycles. The molecule has 1 atom stereocenters. The van der Waals surface area contributed by atoms with Gasteiger partial charge in [-0.05, 0) is 38.9 Å². The van der Waals surface area contributed by atoms with E-state index in [1.807, 2.05) is 0 Å². The number of para-hydroxylation sites is 1. The van der Waals surface area contributed by atoms with Crippen molar-refractivity contribution in [2.24, 2.45) is 0 Å². The molecule has 1 fully saturated rings. The molecule has 1 aliphatic rings. The van der Waals surface area contributed by atoms with Crippen LogP contribution in [-0.2, 0) is 4.74 Å². The molecule has 3 heteroatoms. The average molecular weight is 244 g/mol. The maximum absolute atomic E-state index is 6.18. The molecule has 3 nitrogen and oxygen atoms in total. The summed E-state index contributed by atoms with van der Waals surface area (Å²) >= 11 is 0. The third-order valence-electron chi connectivity index (χ3n) is 3.74. The monoisotopic (exact) mass is 244 g/mol. The molecule has 0 aliphatic carbocycles. The van der Waals surface area contributed by atoms with Gasteiger partial charge < -0.3 is 15.0 Å². The minimum atomic E-state index is 0.157. The maximum Gasteiger partial charge on any atom is 0.0821 e. The first-order valence-electron chi connectivity index (χ1n) is 6.77. The number of piperidine rings is 1. The molecule has 0 bridgehead atoms. The largest absolute Gasteiger partial charge is 0.370 e. The number of fused-ring (bicyclic) bond motifs is 1. The fourth-order valence-electron chi connectivity index (χ4n) is 2.72. The van der Waals surface area contributed by atoms with E-state index in [2.05, 4.69) is 47.7 Å². The van der Waals surface area contributed by atoms with E-state index in [9.17, 15) is 0 Å². The number of nitrogens with one attached hydrogen (secondary N) is 2. The number of ether oxygens (including phenoxy) is 1. The van der Waals surface area contributed by atoms with E-state index in [0.29, 0.717) is 6.10 Å². The van der Waals surface area contributed by atoms with Gasteiger partial charge in [0.05, 0.1) is 12.2 Å². The molecular formula is C15H20N2O. The predicted molar refractivity (Wildman–Crippen MR) is 73.7 cm³/mol. The number of rotatable bonds is 3. The standard InChI is InChI=1S/C15H20N2O/c1-11(18-12-6-8-16-9-7-12)14-10-17-15-5-3-2-4-13(14)15/h2-5,10-12,16-17H,6-9H2,1H3. The molecule has 1 aromatic carbocycles. The van der Waals surface area contributed by atoms with E-state index in [1.165, 1.54) is 16.5 Å². The number of hydrogen-bond donors (Lipinski definition) is 2. The van der Waals surface area contributed by atoms with Crippen LogP contribution in [0, 0.1) is 0 Å². The first kappa shape index (κ1) is 11.8. The molecule has 0 radical (unpaired) electrons. The molecule has 96 valence electrons. The Morgan fingerprint density at radius 1 is 1.22 bits per heavy atom. The molecule has 2 aromatic rings. The molecule has 1 aliphatic heterocycles. The second-order valence-corrected chi connectivity index (χ2v) is 5.02. The Morgan fingerprint density at radius 3 is 2.83 bits per heavy atom. The van der Waals surface area contributed by atoms with Gasteiger partial charge in [-0.1, -0.05) is 18.2 Å². The molecule has 1 saturated heterocycles. The van der Waals surface area contributed by atoms with E-state index >= 15 is 0 Å². The van der Waals surface area contributed by atoms with Crippen molar-refractivity contribution in [3.05, 3.63) is 36.0 Å². The van der Waals surface area contributed by atoms with Crippen LogP contribution in [0.1, 0.15) is 31.4 Å². The van der Waals surface area contributed by atoms with Gasteiger partial charge >= 0.3 is 0 Å². The van der Waals surface area contributed by atoms with E-state index in [1.54, 1.807) is 0 Å². The van der Waals surface area contributed by atoms with Gasteiger partial charge in [0.15, 0.2) is 0 Å². The van der Waals surface area contributed by atoms with Gasteiger partial charge in [-0.15, -0.1) is 0 Å². The summed E-state index contributed by atoms with van der Waals surface area (Å²) < 4.78 is 6.18. The zero-order chi connectivity index (χ0) is 12.4. The summed E-state index contributed by atoms with van der Waals surface area (Å²) in [4.78, 5) is 3.31. The fourth-order valence-corrected chi connectivity index (χ4v) is 2.72. The van der Waals surface area contributed by atoms with Crippen molar-refractivity contribution >= 4 is 10.9 Å². The summed E-state index contributed by atoms with van der Waals surface area (Å²) in [6.45, 7) is 4.30. The second-order valence-electron chi connectivity index (χ2n) is 5.02. The van der Waals surface area contributed by atoms with Gasteiger partial charge in [-0.3, -0.25) is 0 Å². The van der Waals surface area contributed by atoms with Crippen LogP contribution in [0.5, 0.6) is 0 Å². The fraction of sp³-hybridized carbons (Fsp3) is 0.467. The number of hydrogen-bond acceptors (Lipinski definition) is 2. The van der Waals surface area contributed by atoms with Crippen molar-refractivity contribution < 1.29 is 4.74 Å². The van der Waals surface area contributed by atoms with Gasteiger partial charge in [0.1, 0.15) is 0 Å². The Hall–Kier alpha value is -1.32. The highest BCUT2D eigenvalue weighted by atomic mass is 16.5. The lowest BCUT2D eigenvalue weighted by atomic mass is 10.1. The van der Waals surface area contributed by atoms with Gasteiger partial charge in [-0.2, -0.15) is 0 Å². The Kier molecular flexibility index (Phi) is 3.35. The quantitative estimate of drug-likeness (QED) is 0.871. The first-order chi connectivity index (χ1) is 8.84. The van der Waals surface area contributed by atoms with E-state index in [4.69, 9.17) is 4.74 Å². The van der Waals surface area contributed by atoms with Crippen LogP contribution >= 0.6 is 0 Å². The highest BCUT2D eigenvalue weighted by Crippen LogP contribution is 2.28. The third-order valence-corrected chi connectivity index (χ3v) is 3.74. The Bertz CT molecular complexity index is 514. The van der Waals surface area contributed by atoms with Crippen LogP contribution in [0.4, 0.5) is 0 Å². The first-order valence-corrected chi connectivity index (χ1v) is 6.77. The molecule has 2 heterocycles. The van der Waals surface area contributed by atoms with Crippen molar-refractivity contribution in [1.82, 2.24) is 10.3 Å². The minimum Gasteiger partial charge on any atom is -0.370 e. The zero-order valence-corrected chi connectivity index (χ0v) is 10.8. The lowest BCUT2D eigenvalue weighted by Crippen LogP contribution is -2.32. The second kappa shape index (κ2) is 5.12. The maximum atomic E-state index is 6.18. The highest BCUT2D eigenvalue weighted by Gasteiger charge is 2.19. The number of aromatic amines is 1. The third kappa shape index (κ3) is 2.28. The van der Waals surface area contributed by atoms with Gasteiger partial charge in [0.25, 0.3) is 0 Å². The Balaban J connectivity index is 1.76. The van der Waals surface area contributed by atoms with Crippen LogP contribution in [-0.4, -0.2) is 24.2 Å². The SMILES string of the molecule is CC(OC1CCNCC1)c1c[nH]c2ccccc12. The van der Waals surface area contributed by atoms with E-state index in [-0.39, 0.29) is 6.10 Å². The molecule has 1 unspecified atom stereocenters. The van der Waals surface area contributed by atoms with Crippen molar-refractivity contribution in [2.75, 3.05) is 13.1 Å². The van der Waals surface area contributed by atoms with Crippen molar-refractivity contribution in [3.63, 3.8) is 0 Å². The van der Waals surface area contributed by atoms with Crippen LogP contribution in [0.15, 0.2) is 30.5 Å². The van der Waals surface area contributed by atoms with Gasteiger partial charge in [0, 0.05) is 22.7 Å². The van der Waals surface area contributed by atoms with Gasteiger partial charge in [-0.25, -0.2) is 0 Å². The highest BCUT2D eigenvalue weighted by molar-refractivity contribution is 5.83. The summed E-state index contributed by atoms with van der Waals surface area (Å²) in [5.41, 5.74) is 2.46. The molecule has 0 amide bonds. The summed E-state index contributed by atoms with van der Waals surface area (Å²) in [7, 11) is 0. The smallest absolute Gasteiger partial charge is 0.0821 e. The van der Waals surface area contributed by atoms with Crippen LogP contribution in [0.2, 0.25) is 0 Å². The molecular weight excluding hydrogens is 224 g/mol. The predicted octanol–water partition coefficient (Wildman–Crippen LogP) is 3.00. The number of H-pyrrole nitrogens is 1. The normalized spacial score (nSPS) is 19.2. The molecule has 3 rings (SSSR count). The number of aromatic nitrogens is 1. The van der Waals surface area contributed by atoms with Gasteiger partial charge in [0.2, 0.25) is 0 Å². The van der Waals surface area contributed by atoms with Crippen LogP contribution < -0.4 is 5.32 Å². The Labute approximate surface area is 108 Å². The summed E-state index contributed by atoms with van der Waals surface area (Å²) in [5.74, 6) is 0. The lowest BCUT2D eigenvalue weighted by molar-refractivity contribution is -0.0179. The average Bonchev–Trinajstić information content (AvgIpc) is 2.84. The van der Waals surface area contributed by atoms with Crippen LogP contribution in [0.3, 0.4) is 0 Å². The van der Waals surface area contributed by atoms with Crippen molar-refractivity contribution in [2.45, 2.75) is 32.0 Å². The molecule has 0 spiro atoms. The van der Waals surface area contributed by atoms with E-state index < -0.39 is 0 Å². The summed E-state index contributed by atoms with van der Waals surface area (Å²) in [5, 5.41) is 4.64. The summed E-state index contributed by atoms with van der Waals surface area (Å²) in [6, 6.07) is 8.40. The Morgan fingerprint density at radius 2 is 2.00 bits per heavy atom. The minimum absolute atomic E-state index is 0.157. The molecule has 0 saturated carbocycles. The topological polar surface area (TPSA) is 37.0 Å². The van der Waals surface area contributed by atoms with Crippen molar-refractivity contribution in [3.8, 4) is 0 Å². The van der Waals surface area contributed by atoms with Crippen LogP contribution in [0.25, 0.3) is 10.9 Å².